The fraction of sp³-hybridized carbons (Fsp3) is 0.136. The topological polar surface area (TPSA) is 70.5 Å². The Kier molecular flexibility index (Phi) is 5.13. The first-order chi connectivity index (χ1) is 13.9. The highest BCUT2D eigenvalue weighted by atomic mass is 35.5. The number of aliphatic hydroxyl groups is 1. The molecular formula is C22H16Cl2N2O3. The molecule has 1 N–H and O–H groups in total. The molecule has 1 aliphatic rings. The zero-order valence-corrected chi connectivity index (χ0v) is 16.7. The van der Waals surface area contributed by atoms with Crippen molar-refractivity contribution in [2.75, 3.05) is 4.90 Å². The molecule has 29 heavy (non-hydrogen) atoms. The summed E-state index contributed by atoms with van der Waals surface area (Å²) in [5.74, 6) is -1.04. The maximum absolute atomic E-state index is 13.3. The standard InChI is InChI=1S/C22H16Cl2N2O3/c23-15-8-9-19-16(11-15)22(29,12-20(27)18-7-3-4-10-25-18)21(28)26(19)13-14-5-1-2-6-17(14)24/h1-11,29H,12-13H2. The number of nitrogens with zero attached hydrogens (tertiary/aromatic N) is 2. The van der Waals surface area contributed by atoms with Crippen LogP contribution in [0.5, 0.6) is 0 Å². The molecule has 0 radical (unpaired) electrons. The van der Waals surface area contributed by atoms with Gasteiger partial charge in [0.25, 0.3) is 5.91 Å². The van der Waals surface area contributed by atoms with Gasteiger partial charge in [0.2, 0.25) is 0 Å². The Labute approximate surface area is 177 Å². The van der Waals surface area contributed by atoms with Crippen LogP contribution < -0.4 is 4.90 Å². The molecule has 0 saturated heterocycles. The Bertz CT molecular complexity index is 1100. The van der Waals surface area contributed by atoms with Crippen molar-refractivity contribution in [3.8, 4) is 0 Å². The Morgan fingerprint density at radius 2 is 1.83 bits per heavy atom. The van der Waals surface area contributed by atoms with E-state index in [2.05, 4.69) is 4.98 Å². The number of ketones is 1. The van der Waals surface area contributed by atoms with Crippen molar-refractivity contribution < 1.29 is 14.7 Å². The molecule has 0 saturated carbocycles. The lowest BCUT2D eigenvalue weighted by Gasteiger charge is -2.23. The van der Waals surface area contributed by atoms with Gasteiger partial charge in [-0.3, -0.25) is 14.6 Å². The summed E-state index contributed by atoms with van der Waals surface area (Å²) in [7, 11) is 0. The average Bonchev–Trinajstić information content (AvgIpc) is 2.92. The lowest BCUT2D eigenvalue weighted by atomic mass is 9.89. The number of amides is 1. The van der Waals surface area contributed by atoms with Crippen molar-refractivity contribution in [1.29, 1.82) is 0 Å². The van der Waals surface area contributed by atoms with Gasteiger partial charge >= 0.3 is 0 Å². The minimum atomic E-state index is -2.03. The Hall–Kier alpha value is -2.73. The highest BCUT2D eigenvalue weighted by Gasteiger charge is 2.51. The van der Waals surface area contributed by atoms with E-state index in [1.54, 1.807) is 42.5 Å². The van der Waals surface area contributed by atoms with Crippen LogP contribution in [0.25, 0.3) is 0 Å². The summed E-state index contributed by atoms with van der Waals surface area (Å²) >= 11 is 12.4. The highest BCUT2D eigenvalue weighted by molar-refractivity contribution is 6.31. The molecule has 2 aromatic carbocycles. The van der Waals surface area contributed by atoms with Crippen molar-refractivity contribution in [3.05, 3.63) is 93.7 Å². The number of carbonyl (C=O) groups excluding carboxylic acids is 2. The maximum atomic E-state index is 13.3. The van der Waals surface area contributed by atoms with E-state index < -0.39 is 23.7 Å². The van der Waals surface area contributed by atoms with Crippen molar-refractivity contribution in [2.24, 2.45) is 0 Å². The fourth-order valence-electron chi connectivity index (χ4n) is 3.50. The van der Waals surface area contributed by atoms with Crippen molar-refractivity contribution in [2.45, 2.75) is 18.6 Å². The van der Waals surface area contributed by atoms with Gasteiger partial charge in [0.15, 0.2) is 11.4 Å². The van der Waals surface area contributed by atoms with E-state index in [1.165, 1.54) is 17.2 Å². The van der Waals surface area contributed by atoms with Crippen LogP contribution in [0.4, 0.5) is 5.69 Å². The van der Waals surface area contributed by atoms with E-state index in [0.717, 1.165) is 5.56 Å². The summed E-state index contributed by atoms with van der Waals surface area (Å²) < 4.78 is 0. The Morgan fingerprint density at radius 1 is 1.07 bits per heavy atom. The number of fused-ring (bicyclic) bond motifs is 1. The SMILES string of the molecule is O=C(CC1(O)C(=O)N(Cc2ccccc2Cl)c2ccc(Cl)cc21)c1ccccn1. The third-order valence-electron chi connectivity index (χ3n) is 4.95. The lowest BCUT2D eigenvalue weighted by molar-refractivity contribution is -0.136. The maximum Gasteiger partial charge on any atom is 0.264 e. The van der Waals surface area contributed by atoms with Gasteiger partial charge in [-0.25, -0.2) is 0 Å². The first-order valence-electron chi connectivity index (χ1n) is 8.92. The molecule has 3 aromatic rings. The van der Waals surface area contributed by atoms with E-state index in [4.69, 9.17) is 23.2 Å². The second-order valence-electron chi connectivity index (χ2n) is 6.82. The smallest absolute Gasteiger partial charge is 0.264 e. The van der Waals surface area contributed by atoms with Crippen LogP contribution in [0.1, 0.15) is 28.0 Å². The molecule has 1 aromatic heterocycles. The summed E-state index contributed by atoms with van der Waals surface area (Å²) in [5.41, 5.74) is -0.330. The summed E-state index contributed by atoms with van der Waals surface area (Å²) in [4.78, 5) is 31.5. The Morgan fingerprint density at radius 3 is 2.55 bits per heavy atom. The second kappa shape index (κ2) is 7.59. The van der Waals surface area contributed by atoms with Crippen LogP contribution >= 0.6 is 23.2 Å². The number of halogens is 2. The number of hydrogen-bond acceptors (Lipinski definition) is 4. The molecule has 2 heterocycles. The first kappa shape index (κ1) is 19.6. The van der Waals surface area contributed by atoms with Gasteiger partial charge < -0.3 is 10.0 Å². The summed E-state index contributed by atoms with van der Waals surface area (Å²) in [6.45, 7) is 0.160. The molecule has 1 unspecified atom stereocenters. The summed E-state index contributed by atoms with van der Waals surface area (Å²) in [6.07, 6.45) is 1.05. The average molecular weight is 427 g/mol. The predicted octanol–water partition coefficient (Wildman–Crippen LogP) is 4.40. The number of aromatic nitrogens is 1. The number of anilines is 1. The molecule has 1 amide bonds. The molecule has 0 bridgehead atoms. The van der Waals surface area contributed by atoms with E-state index >= 15 is 0 Å². The van der Waals surface area contributed by atoms with Gasteiger partial charge in [0, 0.05) is 21.8 Å². The zero-order valence-electron chi connectivity index (χ0n) is 15.2. The third kappa shape index (κ3) is 3.53. The monoisotopic (exact) mass is 426 g/mol. The molecular weight excluding hydrogens is 411 g/mol. The molecule has 4 rings (SSSR count). The second-order valence-corrected chi connectivity index (χ2v) is 7.66. The number of pyridine rings is 1. The molecule has 0 fully saturated rings. The molecule has 7 heteroatoms. The van der Waals surface area contributed by atoms with E-state index in [-0.39, 0.29) is 12.2 Å². The molecule has 146 valence electrons. The largest absolute Gasteiger partial charge is 0.375 e. The van der Waals surface area contributed by atoms with Gasteiger partial charge in [-0.2, -0.15) is 0 Å². The number of hydrogen-bond donors (Lipinski definition) is 1. The number of benzene rings is 2. The number of carbonyl (C=O) groups is 2. The molecule has 1 atom stereocenters. The van der Waals surface area contributed by atoms with Gasteiger partial charge in [-0.05, 0) is 42.0 Å². The first-order valence-corrected chi connectivity index (χ1v) is 9.68. The van der Waals surface area contributed by atoms with Crippen LogP contribution in [0.2, 0.25) is 10.0 Å². The van der Waals surface area contributed by atoms with Crippen LogP contribution in [-0.2, 0) is 16.9 Å². The normalized spacial score (nSPS) is 18.0. The Balaban J connectivity index is 1.73. The van der Waals surface area contributed by atoms with Gasteiger partial charge in [-0.15, -0.1) is 0 Å². The minimum absolute atomic E-state index is 0.160. The third-order valence-corrected chi connectivity index (χ3v) is 5.55. The van der Waals surface area contributed by atoms with Crippen LogP contribution in [-0.4, -0.2) is 21.8 Å². The number of Topliss-reactive ketones (excluding diaryl/α,β-unsaturated/α-hetero) is 1. The molecule has 0 spiro atoms. The summed E-state index contributed by atoms with van der Waals surface area (Å²) in [5, 5.41) is 12.2. The van der Waals surface area contributed by atoms with Crippen LogP contribution in [0, 0.1) is 0 Å². The summed E-state index contributed by atoms with van der Waals surface area (Å²) in [6, 6.07) is 16.9. The lowest BCUT2D eigenvalue weighted by Crippen LogP contribution is -2.41. The highest BCUT2D eigenvalue weighted by Crippen LogP contribution is 2.45. The molecule has 5 nitrogen and oxygen atoms in total. The fourth-order valence-corrected chi connectivity index (χ4v) is 3.87. The van der Waals surface area contributed by atoms with Crippen LogP contribution in [0.15, 0.2) is 66.9 Å². The molecule has 1 aliphatic heterocycles. The molecule has 0 aliphatic carbocycles. The van der Waals surface area contributed by atoms with E-state index in [9.17, 15) is 14.7 Å². The minimum Gasteiger partial charge on any atom is -0.375 e. The van der Waals surface area contributed by atoms with Gasteiger partial charge in [0.05, 0.1) is 18.7 Å². The van der Waals surface area contributed by atoms with Crippen molar-refractivity contribution in [3.63, 3.8) is 0 Å². The van der Waals surface area contributed by atoms with Crippen molar-refractivity contribution >= 4 is 40.6 Å². The van der Waals surface area contributed by atoms with E-state index in [0.29, 0.717) is 21.3 Å². The quantitative estimate of drug-likeness (QED) is 0.613. The van der Waals surface area contributed by atoms with Gasteiger partial charge in [-0.1, -0.05) is 47.5 Å². The predicted molar refractivity (Wildman–Crippen MR) is 111 cm³/mol. The van der Waals surface area contributed by atoms with Gasteiger partial charge in [0.1, 0.15) is 5.69 Å². The van der Waals surface area contributed by atoms with Crippen molar-refractivity contribution in [1.82, 2.24) is 4.98 Å². The zero-order chi connectivity index (χ0) is 20.6. The van der Waals surface area contributed by atoms with E-state index in [1.807, 2.05) is 12.1 Å². The number of rotatable bonds is 5. The van der Waals surface area contributed by atoms with Crippen LogP contribution in [0.3, 0.4) is 0 Å².